The quantitative estimate of drug-likeness (QED) is 0.660. The summed E-state index contributed by atoms with van der Waals surface area (Å²) < 4.78 is 4.54. The van der Waals surface area contributed by atoms with E-state index in [1.807, 2.05) is 0 Å². The number of anilines is 1. The lowest BCUT2D eigenvalue weighted by atomic mass is 10.1. The summed E-state index contributed by atoms with van der Waals surface area (Å²) in [7, 11) is 1.30. The molecule has 0 amide bonds. The second-order valence-electron chi connectivity index (χ2n) is 2.82. The Hall–Kier alpha value is -1.62. The summed E-state index contributed by atoms with van der Waals surface area (Å²) in [6.07, 6.45) is 0.663. The number of rotatable bonds is 3. The van der Waals surface area contributed by atoms with Gasteiger partial charge in [-0.25, -0.2) is 9.78 Å². The Labute approximate surface area is 82.1 Å². The molecule has 0 bridgehead atoms. The predicted octanol–water partition coefficient (Wildman–Crippen LogP) is -0.0484. The summed E-state index contributed by atoms with van der Waals surface area (Å²) in [5.74, 6) is -0.188. The van der Waals surface area contributed by atoms with Crippen molar-refractivity contribution in [2.24, 2.45) is 5.73 Å². The van der Waals surface area contributed by atoms with E-state index in [0.29, 0.717) is 18.8 Å². The minimum atomic E-state index is -0.490. The summed E-state index contributed by atoms with van der Waals surface area (Å²) in [4.78, 5) is 15.0. The molecule has 0 aliphatic rings. The number of nitrogens with two attached hydrogens (primary N) is 2. The fourth-order valence-corrected chi connectivity index (χ4v) is 1.13. The Morgan fingerprint density at radius 1 is 1.57 bits per heavy atom. The number of nitrogens with zero attached hydrogens (tertiary/aromatic N) is 1. The van der Waals surface area contributed by atoms with Crippen LogP contribution < -0.4 is 11.5 Å². The largest absolute Gasteiger partial charge is 0.464 e. The predicted molar refractivity (Wildman–Crippen MR) is 52.7 cm³/mol. The summed E-state index contributed by atoms with van der Waals surface area (Å²) in [6.45, 7) is 0.504. The molecule has 76 valence electrons. The first kappa shape index (κ1) is 10.5. The van der Waals surface area contributed by atoms with Gasteiger partial charge in [-0.15, -0.1) is 0 Å². The van der Waals surface area contributed by atoms with Crippen molar-refractivity contribution in [3.05, 3.63) is 23.4 Å². The van der Waals surface area contributed by atoms with Crippen LogP contribution in [0.15, 0.2) is 12.1 Å². The van der Waals surface area contributed by atoms with Gasteiger partial charge >= 0.3 is 5.97 Å². The molecule has 1 rings (SSSR count). The van der Waals surface area contributed by atoms with E-state index in [9.17, 15) is 4.79 Å². The van der Waals surface area contributed by atoms with E-state index < -0.39 is 5.97 Å². The summed E-state index contributed by atoms with van der Waals surface area (Å²) in [6, 6.07) is 3.33. The highest BCUT2D eigenvalue weighted by Crippen LogP contribution is 2.08. The van der Waals surface area contributed by atoms with Crippen molar-refractivity contribution in [2.45, 2.75) is 6.42 Å². The standard InChI is InChI=1S/C9H13N3O2/c1-14-9(13)7-4-6(2-3-10)5-8(11)12-7/h4-5H,2-3,10H2,1H3,(H2,11,12). The number of ether oxygens (including phenoxy) is 1. The molecule has 1 aromatic heterocycles. The number of carbonyl (C=O) groups excluding carboxylic acids is 1. The molecule has 0 saturated carbocycles. The van der Waals surface area contributed by atoms with Crippen LogP contribution in [0.3, 0.4) is 0 Å². The van der Waals surface area contributed by atoms with E-state index >= 15 is 0 Å². The van der Waals surface area contributed by atoms with Crippen LogP contribution in [0.2, 0.25) is 0 Å². The number of esters is 1. The van der Waals surface area contributed by atoms with E-state index in [1.54, 1.807) is 12.1 Å². The van der Waals surface area contributed by atoms with Crippen molar-refractivity contribution in [1.29, 1.82) is 0 Å². The number of nitrogen functional groups attached to an aromatic ring is 1. The number of pyridine rings is 1. The molecular weight excluding hydrogens is 182 g/mol. The number of aromatic nitrogens is 1. The van der Waals surface area contributed by atoms with E-state index in [1.165, 1.54) is 7.11 Å². The molecular formula is C9H13N3O2. The average Bonchev–Trinajstić information content (AvgIpc) is 2.16. The van der Waals surface area contributed by atoms with Crippen molar-refractivity contribution in [3.63, 3.8) is 0 Å². The lowest BCUT2D eigenvalue weighted by molar-refractivity contribution is 0.0594. The van der Waals surface area contributed by atoms with Gasteiger partial charge in [0.2, 0.25) is 0 Å². The van der Waals surface area contributed by atoms with Gasteiger partial charge in [-0.2, -0.15) is 0 Å². The van der Waals surface area contributed by atoms with Gasteiger partial charge in [0.15, 0.2) is 5.69 Å². The molecule has 4 N–H and O–H groups in total. The smallest absolute Gasteiger partial charge is 0.356 e. The van der Waals surface area contributed by atoms with Gasteiger partial charge in [0, 0.05) is 0 Å². The number of hydrogen-bond acceptors (Lipinski definition) is 5. The Morgan fingerprint density at radius 2 is 2.29 bits per heavy atom. The third-order valence-electron chi connectivity index (χ3n) is 1.73. The fourth-order valence-electron chi connectivity index (χ4n) is 1.13. The molecule has 1 heterocycles. The van der Waals surface area contributed by atoms with Crippen LogP contribution in [0, 0.1) is 0 Å². The molecule has 0 spiro atoms. The minimum absolute atomic E-state index is 0.218. The van der Waals surface area contributed by atoms with Gasteiger partial charge in [-0.1, -0.05) is 0 Å². The first-order valence-electron chi connectivity index (χ1n) is 4.22. The lowest BCUT2D eigenvalue weighted by Gasteiger charge is -2.03. The summed E-state index contributed by atoms with van der Waals surface area (Å²) >= 11 is 0. The maximum Gasteiger partial charge on any atom is 0.356 e. The molecule has 0 fully saturated rings. The van der Waals surface area contributed by atoms with Crippen LogP contribution in [-0.2, 0) is 11.2 Å². The lowest BCUT2D eigenvalue weighted by Crippen LogP contribution is -2.09. The van der Waals surface area contributed by atoms with E-state index in [-0.39, 0.29) is 5.69 Å². The van der Waals surface area contributed by atoms with Crippen molar-refractivity contribution in [2.75, 3.05) is 19.4 Å². The van der Waals surface area contributed by atoms with Crippen LogP contribution >= 0.6 is 0 Å². The van der Waals surface area contributed by atoms with Crippen molar-refractivity contribution in [1.82, 2.24) is 4.98 Å². The van der Waals surface area contributed by atoms with Gasteiger partial charge in [-0.05, 0) is 30.7 Å². The monoisotopic (exact) mass is 195 g/mol. The van der Waals surface area contributed by atoms with Gasteiger partial charge in [0.05, 0.1) is 7.11 Å². The Kier molecular flexibility index (Phi) is 3.41. The van der Waals surface area contributed by atoms with Crippen molar-refractivity contribution in [3.8, 4) is 0 Å². The maximum atomic E-state index is 11.2. The molecule has 0 saturated heterocycles. The van der Waals surface area contributed by atoms with Crippen LogP contribution in [0.25, 0.3) is 0 Å². The molecule has 14 heavy (non-hydrogen) atoms. The Morgan fingerprint density at radius 3 is 2.86 bits per heavy atom. The van der Waals surface area contributed by atoms with Crippen LogP contribution in [0.4, 0.5) is 5.82 Å². The number of hydrogen-bond donors (Lipinski definition) is 2. The molecule has 0 aromatic carbocycles. The average molecular weight is 195 g/mol. The highest BCUT2D eigenvalue weighted by molar-refractivity contribution is 5.87. The summed E-state index contributed by atoms with van der Waals surface area (Å²) in [5, 5.41) is 0. The molecule has 0 aliphatic heterocycles. The maximum absolute atomic E-state index is 11.2. The first-order chi connectivity index (χ1) is 6.67. The second-order valence-corrected chi connectivity index (χ2v) is 2.82. The molecule has 1 aromatic rings. The molecule has 0 unspecified atom stereocenters. The Bertz CT molecular complexity index is 339. The van der Waals surface area contributed by atoms with Gasteiger partial charge < -0.3 is 16.2 Å². The summed E-state index contributed by atoms with van der Waals surface area (Å²) in [5.41, 5.74) is 12.0. The Balaban J connectivity index is 3.00. The molecule has 0 atom stereocenters. The van der Waals surface area contributed by atoms with Crippen LogP contribution in [0.5, 0.6) is 0 Å². The zero-order chi connectivity index (χ0) is 10.6. The number of carbonyl (C=O) groups is 1. The molecule has 5 nitrogen and oxygen atoms in total. The fraction of sp³-hybridized carbons (Fsp3) is 0.333. The van der Waals surface area contributed by atoms with E-state index in [4.69, 9.17) is 11.5 Å². The first-order valence-corrected chi connectivity index (χ1v) is 4.22. The molecule has 0 aliphatic carbocycles. The SMILES string of the molecule is COC(=O)c1cc(CCN)cc(N)n1. The van der Waals surface area contributed by atoms with Crippen LogP contribution in [-0.4, -0.2) is 24.6 Å². The van der Waals surface area contributed by atoms with Gasteiger partial charge in [-0.3, -0.25) is 0 Å². The molecule has 5 heteroatoms. The third-order valence-corrected chi connectivity index (χ3v) is 1.73. The second kappa shape index (κ2) is 4.57. The topological polar surface area (TPSA) is 91.2 Å². The van der Waals surface area contributed by atoms with E-state index in [2.05, 4.69) is 9.72 Å². The zero-order valence-corrected chi connectivity index (χ0v) is 7.99. The van der Waals surface area contributed by atoms with Crippen molar-refractivity contribution >= 4 is 11.8 Å². The molecule has 0 radical (unpaired) electrons. The highest BCUT2D eigenvalue weighted by atomic mass is 16.5. The number of methoxy groups -OCH3 is 1. The normalized spacial score (nSPS) is 9.86. The highest BCUT2D eigenvalue weighted by Gasteiger charge is 2.08. The third kappa shape index (κ3) is 2.43. The zero-order valence-electron chi connectivity index (χ0n) is 7.99. The van der Waals surface area contributed by atoms with E-state index in [0.717, 1.165) is 5.56 Å². The minimum Gasteiger partial charge on any atom is -0.464 e. The van der Waals surface area contributed by atoms with Gasteiger partial charge in [0.1, 0.15) is 5.82 Å². The van der Waals surface area contributed by atoms with Gasteiger partial charge in [0.25, 0.3) is 0 Å². The van der Waals surface area contributed by atoms with Crippen molar-refractivity contribution < 1.29 is 9.53 Å². The van der Waals surface area contributed by atoms with Crippen LogP contribution in [0.1, 0.15) is 16.1 Å².